The maximum absolute atomic E-state index is 6.09. The minimum absolute atomic E-state index is 0.511. The van der Waals surface area contributed by atoms with Gasteiger partial charge in [-0.3, -0.25) is 0 Å². The van der Waals surface area contributed by atoms with Crippen molar-refractivity contribution in [3.05, 3.63) is 46.6 Å². The lowest BCUT2D eigenvalue weighted by Gasteiger charge is -2.10. The number of benzene rings is 1. The molecule has 3 nitrogen and oxygen atoms in total. The van der Waals surface area contributed by atoms with Gasteiger partial charge in [-0.15, -0.1) is 0 Å². The van der Waals surface area contributed by atoms with Crippen LogP contribution in [0.1, 0.15) is 0 Å². The van der Waals surface area contributed by atoms with Crippen molar-refractivity contribution in [1.82, 2.24) is 4.98 Å². The zero-order chi connectivity index (χ0) is 12.3. The first kappa shape index (κ1) is 12.0. The summed E-state index contributed by atoms with van der Waals surface area (Å²) < 4.78 is 0. The van der Waals surface area contributed by atoms with Crippen LogP contribution in [0.5, 0.6) is 0 Å². The van der Waals surface area contributed by atoms with E-state index in [1.165, 1.54) is 0 Å². The van der Waals surface area contributed by atoms with Crippen molar-refractivity contribution >= 4 is 40.4 Å². The first-order valence-corrected chi connectivity index (χ1v) is 5.81. The van der Waals surface area contributed by atoms with Crippen LogP contribution in [0, 0.1) is 0 Å². The third kappa shape index (κ3) is 2.81. The molecule has 2 rings (SSSR count). The van der Waals surface area contributed by atoms with Crippen molar-refractivity contribution in [3.63, 3.8) is 0 Å². The summed E-state index contributed by atoms with van der Waals surface area (Å²) in [5.74, 6) is 0.785. The van der Waals surface area contributed by atoms with E-state index in [1.807, 2.05) is 31.3 Å². The largest absolute Gasteiger partial charge is 0.373 e. The predicted octanol–water partition coefficient (Wildman–Crippen LogP) is 4.17. The molecule has 0 spiro atoms. The van der Waals surface area contributed by atoms with Crippen LogP contribution in [-0.4, -0.2) is 12.0 Å². The van der Waals surface area contributed by atoms with E-state index in [-0.39, 0.29) is 0 Å². The van der Waals surface area contributed by atoms with Gasteiger partial charge in [0.15, 0.2) is 0 Å². The van der Waals surface area contributed by atoms with Crippen LogP contribution >= 0.6 is 23.2 Å². The summed E-state index contributed by atoms with van der Waals surface area (Å²) >= 11 is 12.0. The lowest BCUT2D eigenvalue weighted by Crippen LogP contribution is -1.95. The van der Waals surface area contributed by atoms with Crippen LogP contribution < -0.4 is 10.6 Å². The molecular weight excluding hydrogens is 257 g/mol. The van der Waals surface area contributed by atoms with Crippen molar-refractivity contribution in [3.8, 4) is 0 Å². The summed E-state index contributed by atoms with van der Waals surface area (Å²) in [7, 11) is 1.82. The van der Waals surface area contributed by atoms with Crippen molar-refractivity contribution in [2.24, 2.45) is 0 Å². The van der Waals surface area contributed by atoms with Gasteiger partial charge in [0.25, 0.3) is 0 Å². The monoisotopic (exact) mass is 267 g/mol. The number of pyridine rings is 1. The number of hydrogen-bond donors (Lipinski definition) is 2. The number of anilines is 3. The SMILES string of the molecule is CNc1cc(Nc2cccc(Cl)c2Cl)ccn1. The molecule has 1 aromatic heterocycles. The molecule has 0 saturated carbocycles. The fourth-order valence-electron chi connectivity index (χ4n) is 1.40. The van der Waals surface area contributed by atoms with E-state index in [0.29, 0.717) is 10.0 Å². The molecule has 0 aliphatic carbocycles. The molecule has 0 saturated heterocycles. The van der Waals surface area contributed by atoms with Gasteiger partial charge < -0.3 is 10.6 Å². The molecule has 2 aromatic rings. The lowest BCUT2D eigenvalue weighted by molar-refractivity contribution is 1.28. The summed E-state index contributed by atoms with van der Waals surface area (Å²) in [6.45, 7) is 0. The first-order chi connectivity index (χ1) is 8.20. The summed E-state index contributed by atoms with van der Waals surface area (Å²) in [6.07, 6.45) is 1.71. The molecule has 0 bridgehead atoms. The van der Waals surface area contributed by atoms with Gasteiger partial charge in [0, 0.05) is 25.0 Å². The van der Waals surface area contributed by atoms with Gasteiger partial charge in [-0.05, 0) is 18.2 Å². The summed E-state index contributed by atoms with van der Waals surface area (Å²) in [5.41, 5.74) is 1.67. The minimum atomic E-state index is 0.511. The van der Waals surface area contributed by atoms with Crippen LogP contribution in [0.4, 0.5) is 17.2 Å². The molecular formula is C12H11Cl2N3. The highest BCUT2D eigenvalue weighted by atomic mass is 35.5. The zero-order valence-electron chi connectivity index (χ0n) is 9.17. The molecule has 88 valence electrons. The fourth-order valence-corrected chi connectivity index (χ4v) is 1.75. The quantitative estimate of drug-likeness (QED) is 0.877. The highest BCUT2D eigenvalue weighted by molar-refractivity contribution is 6.43. The van der Waals surface area contributed by atoms with Crippen molar-refractivity contribution in [1.29, 1.82) is 0 Å². The molecule has 5 heteroatoms. The van der Waals surface area contributed by atoms with E-state index in [1.54, 1.807) is 12.3 Å². The van der Waals surface area contributed by atoms with Gasteiger partial charge in [0.1, 0.15) is 5.82 Å². The normalized spacial score (nSPS) is 10.1. The molecule has 1 heterocycles. The Labute approximate surface area is 110 Å². The molecule has 0 atom stereocenters. The second-order valence-corrected chi connectivity index (χ2v) is 4.19. The Bertz CT molecular complexity index is 529. The molecule has 0 fully saturated rings. The molecule has 0 aliphatic heterocycles. The van der Waals surface area contributed by atoms with E-state index in [4.69, 9.17) is 23.2 Å². The minimum Gasteiger partial charge on any atom is -0.373 e. The van der Waals surface area contributed by atoms with Crippen molar-refractivity contribution in [2.75, 3.05) is 17.7 Å². The van der Waals surface area contributed by atoms with Crippen molar-refractivity contribution in [2.45, 2.75) is 0 Å². The maximum Gasteiger partial charge on any atom is 0.127 e. The zero-order valence-corrected chi connectivity index (χ0v) is 10.7. The maximum atomic E-state index is 6.09. The Balaban J connectivity index is 2.28. The summed E-state index contributed by atoms with van der Waals surface area (Å²) in [5, 5.41) is 7.20. The topological polar surface area (TPSA) is 37.0 Å². The lowest BCUT2D eigenvalue weighted by atomic mass is 10.3. The number of hydrogen-bond acceptors (Lipinski definition) is 3. The number of rotatable bonds is 3. The van der Waals surface area contributed by atoms with Gasteiger partial charge in [0.05, 0.1) is 15.7 Å². The number of nitrogens with zero attached hydrogens (tertiary/aromatic N) is 1. The van der Waals surface area contributed by atoms with Gasteiger partial charge in [-0.25, -0.2) is 4.98 Å². The standard InChI is InChI=1S/C12H11Cl2N3/c1-15-11-7-8(5-6-16-11)17-10-4-2-3-9(13)12(10)14/h2-7H,1H3,(H2,15,16,17). The summed E-state index contributed by atoms with van der Waals surface area (Å²) in [4.78, 5) is 4.13. The Morgan fingerprint density at radius 2 is 2.00 bits per heavy atom. The van der Waals surface area contributed by atoms with Gasteiger partial charge in [-0.1, -0.05) is 29.3 Å². The second-order valence-electron chi connectivity index (χ2n) is 3.41. The van der Waals surface area contributed by atoms with E-state index in [9.17, 15) is 0 Å². The molecule has 0 amide bonds. The fraction of sp³-hybridized carbons (Fsp3) is 0.0833. The van der Waals surface area contributed by atoms with E-state index >= 15 is 0 Å². The van der Waals surface area contributed by atoms with Crippen LogP contribution in [-0.2, 0) is 0 Å². The summed E-state index contributed by atoms with van der Waals surface area (Å²) in [6, 6.07) is 9.21. The smallest absolute Gasteiger partial charge is 0.127 e. The number of halogens is 2. The molecule has 0 radical (unpaired) electrons. The molecule has 1 aromatic carbocycles. The van der Waals surface area contributed by atoms with Gasteiger partial charge in [-0.2, -0.15) is 0 Å². The highest BCUT2D eigenvalue weighted by Gasteiger charge is 2.04. The Morgan fingerprint density at radius 1 is 1.18 bits per heavy atom. The first-order valence-electron chi connectivity index (χ1n) is 5.05. The van der Waals surface area contributed by atoms with Crippen LogP contribution in [0.2, 0.25) is 10.0 Å². The molecule has 2 N–H and O–H groups in total. The second kappa shape index (κ2) is 5.25. The highest BCUT2D eigenvalue weighted by Crippen LogP contribution is 2.31. The van der Waals surface area contributed by atoms with Crippen LogP contribution in [0.3, 0.4) is 0 Å². The average Bonchev–Trinajstić information content (AvgIpc) is 2.35. The third-order valence-electron chi connectivity index (χ3n) is 2.25. The average molecular weight is 268 g/mol. The van der Waals surface area contributed by atoms with Crippen LogP contribution in [0.25, 0.3) is 0 Å². The van der Waals surface area contributed by atoms with Crippen LogP contribution in [0.15, 0.2) is 36.5 Å². The van der Waals surface area contributed by atoms with E-state index < -0.39 is 0 Å². The predicted molar refractivity (Wildman–Crippen MR) is 73.5 cm³/mol. The number of aromatic nitrogens is 1. The Kier molecular flexibility index (Phi) is 3.71. The molecule has 17 heavy (non-hydrogen) atoms. The Morgan fingerprint density at radius 3 is 2.76 bits per heavy atom. The molecule has 0 unspecified atom stereocenters. The third-order valence-corrected chi connectivity index (χ3v) is 3.07. The molecule has 0 aliphatic rings. The van der Waals surface area contributed by atoms with E-state index in [0.717, 1.165) is 17.2 Å². The van der Waals surface area contributed by atoms with E-state index in [2.05, 4.69) is 15.6 Å². The van der Waals surface area contributed by atoms with Gasteiger partial charge >= 0.3 is 0 Å². The van der Waals surface area contributed by atoms with Gasteiger partial charge in [0.2, 0.25) is 0 Å². The number of nitrogens with one attached hydrogen (secondary N) is 2. The van der Waals surface area contributed by atoms with Crippen molar-refractivity contribution < 1.29 is 0 Å². The Hall–Kier alpha value is -1.45.